The van der Waals surface area contributed by atoms with Crippen LogP contribution in [0.4, 0.5) is 5.13 Å². The number of aromatic nitrogens is 1. The molecular weight excluding hydrogens is 278 g/mol. The molecule has 0 aliphatic carbocycles. The zero-order valence-electron chi connectivity index (χ0n) is 12.5. The molecule has 0 fully saturated rings. The van der Waals surface area contributed by atoms with Gasteiger partial charge in [-0.1, -0.05) is 0 Å². The molecule has 20 heavy (non-hydrogen) atoms. The van der Waals surface area contributed by atoms with Crippen molar-refractivity contribution in [2.24, 2.45) is 0 Å². The molecular formula is C13H21N3O3S. The predicted octanol–water partition coefficient (Wildman–Crippen LogP) is 1.95. The maximum Gasteiger partial charge on any atom is 0.357 e. The van der Waals surface area contributed by atoms with E-state index in [1.807, 2.05) is 20.8 Å². The highest BCUT2D eigenvalue weighted by Crippen LogP contribution is 2.22. The lowest BCUT2D eigenvalue weighted by molar-refractivity contribution is -0.122. The minimum atomic E-state index is -0.447. The van der Waals surface area contributed by atoms with E-state index in [9.17, 15) is 9.59 Å². The summed E-state index contributed by atoms with van der Waals surface area (Å²) < 4.78 is 4.64. The van der Waals surface area contributed by atoms with Gasteiger partial charge >= 0.3 is 5.97 Å². The highest BCUT2D eigenvalue weighted by molar-refractivity contribution is 7.15. The molecule has 0 saturated heterocycles. The summed E-state index contributed by atoms with van der Waals surface area (Å²) in [7, 11) is 1.32. The van der Waals surface area contributed by atoms with Gasteiger partial charge in [0.25, 0.3) is 0 Å². The molecule has 0 aliphatic heterocycles. The summed E-state index contributed by atoms with van der Waals surface area (Å²) in [6.45, 7) is 8.08. The van der Waals surface area contributed by atoms with Gasteiger partial charge in [-0.2, -0.15) is 0 Å². The van der Waals surface area contributed by atoms with Gasteiger partial charge in [0.1, 0.15) is 0 Å². The van der Waals surface area contributed by atoms with Crippen LogP contribution in [-0.4, -0.2) is 36.1 Å². The molecule has 0 spiro atoms. The number of rotatable bonds is 5. The molecule has 0 saturated carbocycles. The van der Waals surface area contributed by atoms with Gasteiger partial charge in [0, 0.05) is 23.4 Å². The zero-order chi connectivity index (χ0) is 15.3. The van der Waals surface area contributed by atoms with E-state index >= 15 is 0 Å². The van der Waals surface area contributed by atoms with Crippen molar-refractivity contribution in [2.75, 3.05) is 19.0 Å². The summed E-state index contributed by atoms with van der Waals surface area (Å²) >= 11 is 1.37. The van der Waals surface area contributed by atoms with E-state index in [4.69, 9.17) is 0 Å². The number of thiazole rings is 1. The van der Waals surface area contributed by atoms with Crippen molar-refractivity contribution in [1.82, 2.24) is 10.3 Å². The normalized spacial score (nSPS) is 11.1. The second-order valence-electron chi connectivity index (χ2n) is 5.39. The fourth-order valence-corrected chi connectivity index (χ4v) is 2.35. The third-order valence-corrected chi connectivity index (χ3v) is 3.25. The van der Waals surface area contributed by atoms with Crippen LogP contribution >= 0.6 is 11.3 Å². The molecule has 1 heterocycles. The van der Waals surface area contributed by atoms with Gasteiger partial charge in [0.2, 0.25) is 5.91 Å². The summed E-state index contributed by atoms with van der Waals surface area (Å²) in [5, 5.41) is 6.54. The Bertz CT molecular complexity index is 492. The van der Waals surface area contributed by atoms with Crippen LogP contribution in [0.15, 0.2) is 0 Å². The van der Waals surface area contributed by atoms with Crippen LogP contribution in [0.5, 0.6) is 0 Å². The molecule has 0 unspecified atom stereocenters. The number of amides is 1. The van der Waals surface area contributed by atoms with Gasteiger partial charge in [-0.3, -0.25) is 4.79 Å². The third-order valence-electron chi connectivity index (χ3n) is 2.32. The van der Waals surface area contributed by atoms with Crippen LogP contribution in [0.1, 0.15) is 42.6 Å². The molecule has 1 rings (SSSR count). The number of nitrogens with one attached hydrogen (secondary N) is 2. The van der Waals surface area contributed by atoms with Crippen molar-refractivity contribution < 1.29 is 14.3 Å². The van der Waals surface area contributed by atoms with Crippen molar-refractivity contribution in [2.45, 2.75) is 39.7 Å². The number of aryl methyl sites for hydroxylation is 1. The molecule has 112 valence electrons. The molecule has 0 aliphatic rings. The number of carbonyl (C=O) groups excluding carboxylic acids is 2. The van der Waals surface area contributed by atoms with E-state index in [-0.39, 0.29) is 11.4 Å². The Labute approximate surface area is 122 Å². The summed E-state index contributed by atoms with van der Waals surface area (Å²) in [6, 6.07) is 0. The van der Waals surface area contributed by atoms with E-state index in [0.717, 1.165) is 4.88 Å². The maximum absolute atomic E-state index is 11.6. The van der Waals surface area contributed by atoms with E-state index in [0.29, 0.717) is 23.8 Å². The molecule has 7 heteroatoms. The van der Waals surface area contributed by atoms with Gasteiger partial charge in [0.05, 0.1) is 7.11 Å². The van der Waals surface area contributed by atoms with Crippen LogP contribution in [0, 0.1) is 6.92 Å². The van der Waals surface area contributed by atoms with Gasteiger partial charge in [-0.15, -0.1) is 11.3 Å². The van der Waals surface area contributed by atoms with Gasteiger partial charge in [0.15, 0.2) is 10.8 Å². The first-order valence-electron chi connectivity index (χ1n) is 6.33. The van der Waals surface area contributed by atoms with E-state index in [1.165, 1.54) is 18.4 Å². The van der Waals surface area contributed by atoms with Crippen molar-refractivity contribution in [3.05, 3.63) is 10.6 Å². The van der Waals surface area contributed by atoms with Crippen LogP contribution in [-0.2, 0) is 9.53 Å². The second kappa shape index (κ2) is 6.69. The zero-order valence-corrected chi connectivity index (χ0v) is 13.3. The molecule has 6 nitrogen and oxygen atoms in total. The quantitative estimate of drug-likeness (QED) is 0.812. The van der Waals surface area contributed by atoms with Gasteiger partial charge < -0.3 is 15.4 Å². The molecule has 0 aromatic carbocycles. The van der Waals surface area contributed by atoms with Crippen LogP contribution in [0.25, 0.3) is 0 Å². The number of carbonyl (C=O) groups is 2. The first-order valence-corrected chi connectivity index (χ1v) is 7.15. The number of hydrogen-bond acceptors (Lipinski definition) is 6. The molecule has 0 radical (unpaired) electrons. The average molecular weight is 299 g/mol. The van der Waals surface area contributed by atoms with Crippen molar-refractivity contribution in [3.8, 4) is 0 Å². The highest BCUT2D eigenvalue weighted by atomic mass is 32.1. The lowest BCUT2D eigenvalue weighted by Gasteiger charge is -2.20. The Morgan fingerprint density at radius 3 is 2.55 bits per heavy atom. The average Bonchev–Trinajstić information content (AvgIpc) is 2.67. The Morgan fingerprint density at radius 2 is 2.00 bits per heavy atom. The molecule has 0 atom stereocenters. The topological polar surface area (TPSA) is 80.3 Å². The number of esters is 1. The summed E-state index contributed by atoms with van der Waals surface area (Å²) in [6.07, 6.45) is 0.351. The standard InChI is InChI=1S/C13H21N3O3S/c1-8-10(11(18)19-5)15-12(20-8)14-7-6-9(17)16-13(2,3)4/h6-7H2,1-5H3,(H,14,15)(H,16,17). The molecule has 1 amide bonds. The predicted molar refractivity (Wildman–Crippen MR) is 79.2 cm³/mol. The van der Waals surface area contributed by atoms with E-state index in [2.05, 4.69) is 20.4 Å². The fourth-order valence-electron chi connectivity index (χ4n) is 1.52. The second-order valence-corrected chi connectivity index (χ2v) is 6.59. The lowest BCUT2D eigenvalue weighted by Crippen LogP contribution is -2.41. The largest absolute Gasteiger partial charge is 0.464 e. The van der Waals surface area contributed by atoms with Crippen LogP contribution < -0.4 is 10.6 Å². The van der Waals surface area contributed by atoms with Crippen LogP contribution in [0.2, 0.25) is 0 Å². The first kappa shape index (κ1) is 16.4. The Balaban J connectivity index is 2.47. The van der Waals surface area contributed by atoms with Crippen molar-refractivity contribution >= 4 is 28.3 Å². The number of anilines is 1. The van der Waals surface area contributed by atoms with E-state index < -0.39 is 5.97 Å². The SMILES string of the molecule is COC(=O)c1nc(NCCC(=O)NC(C)(C)C)sc1C. The fraction of sp³-hybridized carbons (Fsp3) is 0.615. The lowest BCUT2D eigenvalue weighted by atomic mass is 10.1. The molecule has 0 bridgehead atoms. The van der Waals surface area contributed by atoms with Gasteiger partial charge in [-0.05, 0) is 27.7 Å². The Hall–Kier alpha value is -1.63. The van der Waals surface area contributed by atoms with Crippen molar-refractivity contribution in [3.63, 3.8) is 0 Å². The Kier molecular flexibility index (Phi) is 5.50. The summed E-state index contributed by atoms with van der Waals surface area (Å²) in [5.41, 5.74) is 0.0894. The minimum Gasteiger partial charge on any atom is -0.464 e. The van der Waals surface area contributed by atoms with Crippen LogP contribution in [0.3, 0.4) is 0 Å². The van der Waals surface area contributed by atoms with Gasteiger partial charge in [-0.25, -0.2) is 9.78 Å². The number of nitrogens with zero attached hydrogens (tertiary/aromatic N) is 1. The molecule has 1 aromatic heterocycles. The highest BCUT2D eigenvalue weighted by Gasteiger charge is 2.16. The van der Waals surface area contributed by atoms with Crippen molar-refractivity contribution in [1.29, 1.82) is 0 Å². The minimum absolute atomic E-state index is 0.0218. The molecule has 1 aromatic rings. The summed E-state index contributed by atoms with van der Waals surface area (Å²) in [5.74, 6) is -0.469. The summed E-state index contributed by atoms with van der Waals surface area (Å²) in [4.78, 5) is 28.0. The van der Waals surface area contributed by atoms with E-state index in [1.54, 1.807) is 6.92 Å². The molecule has 2 N–H and O–H groups in total. The number of methoxy groups -OCH3 is 1. The first-order chi connectivity index (χ1) is 9.23. The monoisotopic (exact) mass is 299 g/mol. The Morgan fingerprint density at radius 1 is 1.35 bits per heavy atom. The maximum atomic E-state index is 11.6. The number of hydrogen-bond donors (Lipinski definition) is 2. The third kappa shape index (κ3) is 5.16. The smallest absolute Gasteiger partial charge is 0.357 e. The number of ether oxygens (including phenoxy) is 1.